The molecule has 0 amide bonds. The Hall–Kier alpha value is -1.08. The van der Waals surface area contributed by atoms with Crippen LogP contribution in [0.2, 0.25) is 0 Å². The van der Waals surface area contributed by atoms with Crippen LogP contribution in [0.25, 0.3) is 0 Å². The summed E-state index contributed by atoms with van der Waals surface area (Å²) in [5, 5.41) is 0. The summed E-state index contributed by atoms with van der Waals surface area (Å²) in [6, 6.07) is 0. The largest absolute Gasteiger partial charge is 0.353 e. The molecule has 2 aliphatic rings. The molecule has 0 aromatic heterocycles. The van der Waals surface area contributed by atoms with Gasteiger partial charge in [-0.05, 0) is 71.6 Å². The molecule has 2 aliphatic heterocycles. The van der Waals surface area contributed by atoms with Gasteiger partial charge in [0.1, 0.15) is 11.6 Å². The summed E-state index contributed by atoms with van der Waals surface area (Å²) in [6.45, 7) is 16.7. The molecule has 2 fully saturated rings. The zero-order valence-corrected chi connectivity index (χ0v) is 21.7. The van der Waals surface area contributed by atoms with Gasteiger partial charge in [0.25, 0.3) is 0 Å². The first-order chi connectivity index (χ1) is 15.5. The molecule has 2 saturated heterocycles. The van der Waals surface area contributed by atoms with Crippen LogP contribution in [0, 0.1) is 17.3 Å². The first-order valence-corrected chi connectivity index (χ1v) is 12.7. The summed E-state index contributed by atoms with van der Waals surface area (Å²) in [4.78, 5) is 25.6. The smallest absolute Gasteiger partial charge is 0.163 e. The molecule has 0 radical (unpaired) electrons. The first-order valence-electron chi connectivity index (χ1n) is 12.7. The van der Waals surface area contributed by atoms with Crippen molar-refractivity contribution in [2.45, 2.75) is 117 Å². The molecule has 0 spiro atoms. The van der Waals surface area contributed by atoms with Gasteiger partial charge in [-0.2, -0.15) is 0 Å². The number of carbonyl (C=O) groups excluding carboxylic acids is 2. The molecule has 190 valence electrons. The average Bonchev–Trinajstić information content (AvgIpc) is 2.75. The van der Waals surface area contributed by atoms with Crippen LogP contribution in [0.15, 0.2) is 12.7 Å². The van der Waals surface area contributed by atoms with Gasteiger partial charge < -0.3 is 23.7 Å². The molecule has 2 rings (SSSR count). The van der Waals surface area contributed by atoms with E-state index in [1.54, 1.807) is 6.92 Å². The van der Waals surface area contributed by atoms with Gasteiger partial charge in [0.05, 0.1) is 24.2 Å². The van der Waals surface area contributed by atoms with Crippen LogP contribution in [0.3, 0.4) is 0 Å². The second-order valence-corrected chi connectivity index (χ2v) is 10.8. The van der Waals surface area contributed by atoms with Crippen molar-refractivity contribution in [3.8, 4) is 0 Å². The Morgan fingerprint density at radius 2 is 1.94 bits per heavy atom. The Bertz CT molecular complexity index is 649. The highest BCUT2D eigenvalue weighted by Gasteiger charge is 2.47. The van der Waals surface area contributed by atoms with E-state index in [0.717, 1.165) is 32.1 Å². The van der Waals surface area contributed by atoms with E-state index in [1.165, 1.54) is 0 Å². The standard InChI is InChI=1S/C27H46O6/c1-8-12-21(25(29)26(4,5)22-16-18-31-27(6,7)33-22)24(19(2)13-11-14-20(3)28)32-23-15-9-10-17-30-23/h8,19,21-24H,1,9-18H2,2-7H3/t19?,21?,22-,23?,24?/m0/s1. The molecule has 0 aromatic rings. The summed E-state index contributed by atoms with van der Waals surface area (Å²) in [5.41, 5.74) is -0.705. The molecule has 0 aliphatic carbocycles. The van der Waals surface area contributed by atoms with Crippen LogP contribution in [-0.4, -0.2) is 49.1 Å². The molecule has 2 heterocycles. The number of ether oxygens (including phenoxy) is 4. The monoisotopic (exact) mass is 466 g/mol. The number of hydrogen-bond donors (Lipinski definition) is 0. The van der Waals surface area contributed by atoms with Gasteiger partial charge in [-0.15, -0.1) is 6.58 Å². The molecule has 5 atom stereocenters. The van der Waals surface area contributed by atoms with E-state index in [-0.39, 0.29) is 41.9 Å². The Morgan fingerprint density at radius 3 is 2.52 bits per heavy atom. The van der Waals surface area contributed by atoms with E-state index in [9.17, 15) is 9.59 Å². The van der Waals surface area contributed by atoms with Crippen molar-refractivity contribution in [3.05, 3.63) is 12.7 Å². The topological polar surface area (TPSA) is 71.1 Å². The predicted octanol–water partition coefficient (Wildman–Crippen LogP) is 5.62. The molecule has 33 heavy (non-hydrogen) atoms. The van der Waals surface area contributed by atoms with E-state index >= 15 is 0 Å². The zero-order valence-electron chi connectivity index (χ0n) is 21.7. The molecule has 6 heteroatoms. The summed E-state index contributed by atoms with van der Waals surface area (Å²) in [7, 11) is 0. The molecular formula is C27H46O6. The maximum Gasteiger partial charge on any atom is 0.163 e. The van der Waals surface area contributed by atoms with Crippen LogP contribution in [0.1, 0.15) is 92.9 Å². The third kappa shape index (κ3) is 8.27. The summed E-state index contributed by atoms with van der Waals surface area (Å²) >= 11 is 0. The quantitative estimate of drug-likeness (QED) is 0.328. The summed E-state index contributed by atoms with van der Waals surface area (Å²) in [6.07, 6.45) is 7.28. The van der Waals surface area contributed by atoms with E-state index in [1.807, 2.05) is 33.8 Å². The van der Waals surface area contributed by atoms with Gasteiger partial charge in [-0.3, -0.25) is 4.79 Å². The van der Waals surface area contributed by atoms with Gasteiger partial charge in [-0.1, -0.05) is 26.8 Å². The van der Waals surface area contributed by atoms with E-state index in [2.05, 4.69) is 13.5 Å². The Labute approximate surface area is 200 Å². The SMILES string of the molecule is C=CCC(C(=O)C(C)(C)[C@@H]1CCOC(C)(C)O1)C(OC1CCCCO1)C(C)CCCC(C)=O. The lowest BCUT2D eigenvalue weighted by Gasteiger charge is -2.45. The van der Waals surface area contributed by atoms with Crippen molar-refractivity contribution >= 4 is 11.6 Å². The minimum absolute atomic E-state index is 0.103. The van der Waals surface area contributed by atoms with Crippen molar-refractivity contribution in [3.63, 3.8) is 0 Å². The fourth-order valence-corrected chi connectivity index (χ4v) is 5.02. The molecular weight excluding hydrogens is 420 g/mol. The molecule has 0 bridgehead atoms. The Kier molecular flexibility index (Phi) is 10.7. The molecule has 4 unspecified atom stereocenters. The van der Waals surface area contributed by atoms with E-state index in [0.29, 0.717) is 32.5 Å². The van der Waals surface area contributed by atoms with Gasteiger partial charge in [0.15, 0.2) is 12.1 Å². The zero-order chi connectivity index (χ0) is 24.6. The van der Waals surface area contributed by atoms with Gasteiger partial charge in [-0.25, -0.2) is 0 Å². The van der Waals surface area contributed by atoms with Crippen LogP contribution < -0.4 is 0 Å². The van der Waals surface area contributed by atoms with Crippen molar-refractivity contribution < 1.29 is 28.5 Å². The highest BCUT2D eigenvalue weighted by atomic mass is 16.7. The number of allylic oxidation sites excluding steroid dienone is 1. The third-order valence-corrected chi connectivity index (χ3v) is 7.05. The van der Waals surface area contributed by atoms with Crippen LogP contribution in [-0.2, 0) is 28.5 Å². The molecule has 0 N–H and O–H groups in total. The van der Waals surface area contributed by atoms with Crippen molar-refractivity contribution in [2.24, 2.45) is 17.3 Å². The normalized spacial score (nSPS) is 26.2. The van der Waals surface area contributed by atoms with Gasteiger partial charge in [0.2, 0.25) is 0 Å². The van der Waals surface area contributed by atoms with Crippen molar-refractivity contribution in [2.75, 3.05) is 13.2 Å². The van der Waals surface area contributed by atoms with Crippen LogP contribution >= 0.6 is 0 Å². The fraction of sp³-hybridized carbons (Fsp3) is 0.852. The van der Waals surface area contributed by atoms with Crippen molar-refractivity contribution in [1.82, 2.24) is 0 Å². The number of hydrogen-bond acceptors (Lipinski definition) is 6. The fourth-order valence-electron chi connectivity index (χ4n) is 5.02. The van der Waals surface area contributed by atoms with Gasteiger partial charge in [0, 0.05) is 18.9 Å². The molecule has 0 saturated carbocycles. The number of rotatable bonds is 13. The minimum Gasteiger partial charge on any atom is -0.353 e. The highest BCUT2D eigenvalue weighted by Crippen LogP contribution is 2.39. The number of ketones is 2. The summed E-state index contributed by atoms with van der Waals surface area (Å²) < 4.78 is 24.3. The second-order valence-electron chi connectivity index (χ2n) is 10.8. The minimum atomic E-state index is -0.708. The Balaban J connectivity index is 2.26. The molecule has 6 nitrogen and oxygen atoms in total. The van der Waals surface area contributed by atoms with E-state index in [4.69, 9.17) is 18.9 Å². The summed E-state index contributed by atoms with van der Waals surface area (Å²) in [5.74, 6) is -0.643. The van der Waals surface area contributed by atoms with Gasteiger partial charge >= 0.3 is 0 Å². The number of Topliss-reactive ketones (excluding diaryl/α,β-unsaturated/α-hetero) is 2. The predicted molar refractivity (Wildman–Crippen MR) is 129 cm³/mol. The highest BCUT2D eigenvalue weighted by molar-refractivity contribution is 5.87. The van der Waals surface area contributed by atoms with Crippen molar-refractivity contribution in [1.29, 1.82) is 0 Å². The van der Waals surface area contributed by atoms with Crippen LogP contribution in [0.5, 0.6) is 0 Å². The lowest BCUT2D eigenvalue weighted by molar-refractivity contribution is -0.289. The molecule has 0 aromatic carbocycles. The number of carbonyl (C=O) groups is 2. The maximum atomic E-state index is 14.1. The lowest BCUT2D eigenvalue weighted by Crippen LogP contribution is -2.52. The lowest BCUT2D eigenvalue weighted by atomic mass is 9.71. The Morgan fingerprint density at radius 1 is 1.21 bits per heavy atom. The third-order valence-electron chi connectivity index (χ3n) is 7.05. The van der Waals surface area contributed by atoms with E-state index < -0.39 is 11.2 Å². The average molecular weight is 467 g/mol. The second kappa shape index (κ2) is 12.6. The first kappa shape index (κ1) is 28.2. The van der Waals surface area contributed by atoms with Crippen LogP contribution in [0.4, 0.5) is 0 Å². The maximum absolute atomic E-state index is 14.1.